The molecule has 2 N–H and O–H groups in total. The van der Waals surface area contributed by atoms with Crippen LogP contribution < -0.4 is 5.32 Å². The Hall–Kier alpha value is -2.83. The minimum absolute atomic E-state index is 0.100. The zero-order valence-electron chi connectivity index (χ0n) is 15.9. The van der Waals surface area contributed by atoms with E-state index in [2.05, 4.69) is 32.4 Å². The van der Waals surface area contributed by atoms with Gasteiger partial charge in [0.05, 0.1) is 5.92 Å². The summed E-state index contributed by atoms with van der Waals surface area (Å²) in [6, 6.07) is 4.22. The third kappa shape index (κ3) is 5.58. The van der Waals surface area contributed by atoms with E-state index in [0.29, 0.717) is 12.0 Å². The summed E-state index contributed by atoms with van der Waals surface area (Å²) in [4.78, 5) is 36.0. The van der Waals surface area contributed by atoms with Crippen LogP contribution in [-0.2, 0) is 22.4 Å². The summed E-state index contributed by atoms with van der Waals surface area (Å²) in [5, 5.41) is 12.7. The predicted molar refractivity (Wildman–Crippen MR) is 105 cm³/mol. The highest BCUT2D eigenvalue weighted by molar-refractivity contribution is 5.80. The van der Waals surface area contributed by atoms with E-state index in [0.717, 1.165) is 50.2 Å². The Balaban J connectivity index is 1.39. The van der Waals surface area contributed by atoms with E-state index in [4.69, 9.17) is 0 Å². The lowest BCUT2D eigenvalue weighted by Gasteiger charge is -2.17. The maximum absolute atomic E-state index is 12.2. The standard InChI is InChI=1S/C21H26N4O3/c26-18(9-10-19(21(27)28)16-12-22-14-23-13-16)6-2-1-5-17-8-7-15-4-3-11-24-20(15)25-17/h7-8,12-14,19H,1-6,9-11H2,(H,24,25)(H,27,28)/t19-/m1/s1. The average molecular weight is 382 g/mol. The van der Waals surface area contributed by atoms with Crippen molar-refractivity contribution in [1.29, 1.82) is 0 Å². The lowest BCUT2D eigenvalue weighted by Crippen LogP contribution is -2.14. The summed E-state index contributed by atoms with van der Waals surface area (Å²) >= 11 is 0. The Kier molecular flexibility index (Phi) is 7.06. The molecule has 1 aliphatic rings. The van der Waals surface area contributed by atoms with E-state index in [9.17, 15) is 14.7 Å². The van der Waals surface area contributed by atoms with Gasteiger partial charge in [0.2, 0.25) is 0 Å². The van der Waals surface area contributed by atoms with Crippen molar-refractivity contribution < 1.29 is 14.7 Å². The third-order valence-electron chi connectivity index (χ3n) is 5.08. The fraction of sp³-hybridized carbons (Fsp3) is 0.476. The molecule has 0 unspecified atom stereocenters. The quantitative estimate of drug-likeness (QED) is 0.608. The molecule has 7 heteroatoms. The van der Waals surface area contributed by atoms with E-state index < -0.39 is 11.9 Å². The fourth-order valence-electron chi connectivity index (χ4n) is 3.49. The summed E-state index contributed by atoms with van der Waals surface area (Å²) in [6.07, 6.45) is 10.1. The number of aliphatic carboxylic acids is 1. The molecule has 148 valence electrons. The number of carboxylic acids is 1. The van der Waals surface area contributed by atoms with Gasteiger partial charge in [-0.05, 0) is 50.2 Å². The molecule has 2 aromatic rings. The summed E-state index contributed by atoms with van der Waals surface area (Å²) in [7, 11) is 0. The van der Waals surface area contributed by atoms with Crippen molar-refractivity contribution in [2.24, 2.45) is 0 Å². The SMILES string of the molecule is O=C(CCCCc1ccc2c(n1)NCCC2)CC[C@@H](C(=O)O)c1cncnc1. The van der Waals surface area contributed by atoms with E-state index in [1.807, 2.05) is 0 Å². The number of carbonyl (C=O) groups excluding carboxylic acids is 1. The van der Waals surface area contributed by atoms with E-state index in [1.54, 1.807) is 0 Å². The number of aryl methyl sites for hydroxylation is 2. The minimum Gasteiger partial charge on any atom is -0.481 e. The second-order valence-electron chi connectivity index (χ2n) is 7.19. The smallest absolute Gasteiger partial charge is 0.311 e. The number of hydrogen-bond acceptors (Lipinski definition) is 6. The van der Waals surface area contributed by atoms with Crippen LogP contribution in [0.2, 0.25) is 0 Å². The molecule has 28 heavy (non-hydrogen) atoms. The lowest BCUT2D eigenvalue weighted by atomic mass is 9.94. The van der Waals surface area contributed by atoms with Crippen LogP contribution in [0.15, 0.2) is 30.9 Å². The van der Waals surface area contributed by atoms with Crippen LogP contribution in [0.5, 0.6) is 0 Å². The number of pyridine rings is 1. The molecule has 0 radical (unpaired) electrons. The Morgan fingerprint density at radius 3 is 2.75 bits per heavy atom. The van der Waals surface area contributed by atoms with Gasteiger partial charge in [0, 0.05) is 43.0 Å². The van der Waals surface area contributed by atoms with E-state index >= 15 is 0 Å². The fourth-order valence-corrected chi connectivity index (χ4v) is 3.49. The topological polar surface area (TPSA) is 105 Å². The van der Waals surface area contributed by atoms with Crippen molar-refractivity contribution >= 4 is 17.6 Å². The number of rotatable bonds is 10. The van der Waals surface area contributed by atoms with Crippen molar-refractivity contribution in [3.05, 3.63) is 47.7 Å². The number of ketones is 1. The molecule has 7 nitrogen and oxygen atoms in total. The first kappa shape index (κ1) is 19.9. The molecule has 0 amide bonds. The van der Waals surface area contributed by atoms with Crippen LogP contribution in [0.4, 0.5) is 5.82 Å². The number of carbonyl (C=O) groups is 2. The lowest BCUT2D eigenvalue weighted by molar-refractivity contribution is -0.139. The Labute approximate surface area is 164 Å². The highest BCUT2D eigenvalue weighted by Gasteiger charge is 2.21. The Morgan fingerprint density at radius 2 is 1.96 bits per heavy atom. The Morgan fingerprint density at radius 1 is 1.14 bits per heavy atom. The van der Waals surface area contributed by atoms with Crippen LogP contribution in [-0.4, -0.2) is 38.4 Å². The number of nitrogens with zero attached hydrogens (tertiary/aromatic N) is 3. The largest absolute Gasteiger partial charge is 0.481 e. The van der Waals surface area contributed by atoms with Gasteiger partial charge in [-0.25, -0.2) is 15.0 Å². The minimum atomic E-state index is -0.949. The third-order valence-corrected chi connectivity index (χ3v) is 5.08. The van der Waals surface area contributed by atoms with Crippen LogP contribution in [0, 0.1) is 0 Å². The highest BCUT2D eigenvalue weighted by Crippen LogP contribution is 2.22. The van der Waals surface area contributed by atoms with Gasteiger partial charge in [0.1, 0.15) is 17.9 Å². The molecular formula is C21H26N4O3. The number of aromatic nitrogens is 3. The molecule has 1 atom stereocenters. The zero-order valence-corrected chi connectivity index (χ0v) is 15.9. The first-order valence-corrected chi connectivity index (χ1v) is 9.85. The molecule has 0 spiro atoms. The zero-order chi connectivity index (χ0) is 19.8. The molecule has 2 aromatic heterocycles. The number of hydrogen-bond donors (Lipinski definition) is 2. The molecule has 0 fully saturated rings. The number of unbranched alkanes of at least 4 members (excludes halogenated alkanes) is 1. The van der Waals surface area contributed by atoms with Gasteiger partial charge < -0.3 is 10.4 Å². The maximum atomic E-state index is 12.2. The molecule has 0 saturated carbocycles. The first-order valence-electron chi connectivity index (χ1n) is 9.85. The molecule has 0 bridgehead atoms. The van der Waals surface area contributed by atoms with Gasteiger partial charge in [-0.1, -0.05) is 6.07 Å². The second-order valence-corrected chi connectivity index (χ2v) is 7.19. The van der Waals surface area contributed by atoms with Gasteiger partial charge in [-0.3, -0.25) is 9.59 Å². The van der Waals surface area contributed by atoms with Crippen molar-refractivity contribution in [1.82, 2.24) is 15.0 Å². The van der Waals surface area contributed by atoms with Gasteiger partial charge >= 0.3 is 5.97 Å². The predicted octanol–water partition coefficient (Wildman–Crippen LogP) is 3.16. The van der Waals surface area contributed by atoms with Crippen LogP contribution in [0.1, 0.15) is 61.3 Å². The first-order chi connectivity index (χ1) is 13.6. The summed E-state index contributed by atoms with van der Waals surface area (Å²) in [6.45, 7) is 0.977. The van der Waals surface area contributed by atoms with E-state index in [-0.39, 0.29) is 18.6 Å². The number of carboxylic acid groups (broad SMARTS) is 1. The monoisotopic (exact) mass is 382 g/mol. The Bertz CT molecular complexity index is 811. The van der Waals surface area contributed by atoms with Crippen molar-refractivity contribution in [3.8, 4) is 0 Å². The normalized spacial score (nSPS) is 14.0. The van der Waals surface area contributed by atoms with Crippen LogP contribution in [0.25, 0.3) is 0 Å². The maximum Gasteiger partial charge on any atom is 0.311 e. The number of anilines is 1. The molecular weight excluding hydrogens is 356 g/mol. The molecule has 0 aliphatic carbocycles. The van der Waals surface area contributed by atoms with Crippen LogP contribution in [0.3, 0.4) is 0 Å². The van der Waals surface area contributed by atoms with Gasteiger partial charge in [0.25, 0.3) is 0 Å². The summed E-state index contributed by atoms with van der Waals surface area (Å²) < 4.78 is 0. The molecule has 0 saturated heterocycles. The van der Waals surface area contributed by atoms with Crippen molar-refractivity contribution in [3.63, 3.8) is 0 Å². The number of fused-ring (bicyclic) bond motifs is 1. The molecule has 3 rings (SSSR count). The van der Waals surface area contributed by atoms with Crippen molar-refractivity contribution in [2.75, 3.05) is 11.9 Å². The van der Waals surface area contributed by atoms with Gasteiger partial charge in [-0.2, -0.15) is 0 Å². The van der Waals surface area contributed by atoms with Gasteiger partial charge in [0.15, 0.2) is 0 Å². The van der Waals surface area contributed by atoms with E-state index in [1.165, 1.54) is 24.3 Å². The molecule has 3 heterocycles. The summed E-state index contributed by atoms with van der Waals surface area (Å²) in [5.41, 5.74) is 2.87. The highest BCUT2D eigenvalue weighted by atomic mass is 16.4. The number of Topliss-reactive ketones (excluding diaryl/α,β-unsaturated/α-hetero) is 1. The van der Waals surface area contributed by atoms with Crippen molar-refractivity contribution in [2.45, 2.75) is 57.3 Å². The van der Waals surface area contributed by atoms with Crippen LogP contribution >= 0.6 is 0 Å². The molecule has 1 aliphatic heterocycles. The second kappa shape index (κ2) is 9.92. The number of nitrogens with one attached hydrogen (secondary N) is 1. The molecule has 0 aromatic carbocycles. The summed E-state index contributed by atoms with van der Waals surface area (Å²) in [5.74, 6) is -0.584. The average Bonchev–Trinajstić information content (AvgIpc) is 2.72. The van der Waals surface area contributed by atoms with Gasteiger partial charge in [-0.15, -0.1) is 0 Å².